The topological polar surface area (TPSA) is 355 Å². The van der Waals surface area contributed by atoms with Crippen LogP contribution in [0.25, 0.3) is 45.0 Å². The van der Waals surface area contributed by atoms with Crippen LogP contribution in [0.5, 0.6) is 0 Å². The molecule has 2 fully saturated rings. The summed E-state index contributed by atoms with van der Waals surface area (Å²) in [5, 5.41) is 102. The van der Waals surface area contributed by atoms with Gasteiger partial charge in [0.15, 0.2) is 5.78 Å². The van der Waals surface area contributed by atoms with Crippen LogP contribution in [0, 0.1) is 76.4 Å². The molecule has 3 atom stereocenters. The Bertz CT molecular complexity index is 4520. The van der Waals surface area contributed by atoms with Crippen LogP contribution in [-0.4, -0.2) is 115 Å². The molecule has 24 heteroatoms. The van der Waals surface area contributed by atoms with Crippen molar-refractivity contribution in [1.82, 2.24) is 55.1 Å². The summed E-state index contributed by atoms with van der Waals surface area (Å²) in [6.45, 7) is 25.1. The molecule has 0 aliphatic heterocycles. The van der Waals surface area contributed by atoms with Gasteiger partial charge in [0.05, 0.1) is 86.8 Å². The van der Waals surface area contributed by atoms with Gasteiger partial charge in [-0.2, -0.15) is 46.7 Å². The lowest BCUT2D eigenvalue weighted by molar-refractivity contribution is 0.0687. The number of rotatable bonds is 23. The Hall–Kier alpha value is -10.6. The van der Waals surface area contributed by atoms with Crippen LogP contribution >= 0.6 is 11.6 Å². The van der Waals surface area contributed by atoms with E-state index in [-0.39, 0.29) is 83.1 Å². The number of amides is 3. The molecule has 0 saturated heterocycles. The van der Waals surface area contributed by atoms with Crippen LogP contribution in [0.15, 0.2) is 91.0 Å². The highest BCUT2D eigenvalue weighted by molar-refractivity contribution is 6.36. The van der Waals surface area contributed by atoms with Gasteiger partial charge in [-0.15, -0.1) is 0 Å². The second kappa shape index (κ2) is 36.3. The van der Waals surface area contributed by atoms with Crippen molar-refractivity contribution in [2.75, 3.05) is 19.6 Å². The normalized spacial score (nSPS) is 13.4. The minimum Gasteiger partial charge on any atom is -0.393 e. The quantitative estimate of drug-likeness (QED) is 0.0324. The molecule has 3 amide bonds. The van der Waals surface area contributed by atoms with E-state index in [4.69, 9.17) is 42.8 Å². The Kier molecular flexibility index (Phi) is 28.1. The number of Topliss-reactive ketones (excluding diaryl/α,β-unsaturated/α-hetero) is 1. The zero-order valence-corrected chi connectivity index (χ0v) is 61.8. The van der Waals surface area contributed by atoms with Crippen molar-refractivity contribution in [3.63, 3.8) is 0 Å². The molecule has 0 spiro atoms. The van der Waals surface area contributed by atoms with E-state index in [1.165, 1.54) is 25.7 Å². The summed E-state index contributed by atoms with van der Waals surface area (Å²) in [5.74, 6) is -0.183. The zero-order valence-electron chi connectivity index (χ0n) is 61.1. The highest BCUT2D eigenvalue weighted by Gasteiger charge is 2.32. The Morgan fingerprint density at radius 1 is 0.583 bits per heavy atom. The predicted octanol–water partition coefficient (Wildman–Crippen LogP) is 13.7. The molecule has 2 saturated carbocycles. The molecule has 0 radical (unpaired) electrons. The van der Waals surface area contributed by atoms with Gasteiger partial charge in [0, 0.05) is 77.6 Å². The first kappa shape index (κ1) is 79.7. The average Bonchev–Trinajstić information content (AvgIpc) is 1.66. The van der Waals surface area contributed by atoms with Crippen LogP contribution < -0.4 is 16.0 Å². The van der Waals surface area contributed by atoms with E-state index in [9.17, 15) is 39.8 Å². The Balaban J connectivity index is 0.000000192. The SMILES string of the molecule is CC(C)n1nc(-c2ccc(C#N)cc2)c(Cl)c1C(=O)NC[C@H](C)O.CCc1c(-c2ccc(C#N)cc2)nn(C(C)CC)c1C(=O)NCC(C)(C)O.Cc1c(-c2ccc(C#N)cc2)nn(C2CCCC2)c1C(=O)NCC1CC1.Cc1cc(-c2nn(C(C)C)c(C(=O)CC[C@@H](C)O)c2C#N)ccc1C#N. The summed E-state index contributed by atoms with van der Waals surface area (Å²) >= 11 is 6.42. The number of nitrogens with one attached hydrogen (secondary N) is 3. The Labute approximate surface area is 608 Å². The molecule has 23 nitrogen and oxygen atoms in total. The molecule has 4 aromatic heterocycles. The number of hydrogen-bond donors (Lipinski definition) is 6. The lowest BCUT2D eigenvalue weighted by Gasteiger charge is -2.19. The van der Waals surface area contributed by atoms with E-state index in [0.717, 1.165) is 70.6 Å². The number of aliphatic hydroxyl groups excluding tert-OH is 2. The largest absolute Gasteiger partial charge is 0.393 e. The third-order valence-electron chi connectivity index (χ3n) is 17.7. The van der Waals surface area contributed by atoms with Gasteiger partial charge in [0.25, 0.3) is 17.7 Å². The van der Waals surface area contributed by atoms with Crippen molar-refractivity contribution in [2.24, 2.45) is 5.92 Å². The van der Waals surface area contributed by atoms with Crippen molar-refractivity contribution in [3.8, 4) is 75.4 Å². The molecule has 1 unspecified atom stereocenters. The third kappa shape index (κ3) is 20.4. The van der Waals surface area contributed by atoms with Crippen LogP contribution in [0.2, 0.25) is 5.02 Å². The lowest BCUT2D eigenvalue weighted by Crippen LogP contribution is -2.39. The van der Waals surface area contributed by atoms with Crippen molar-refractivity contribution < 1.29 is 34.5 Å². The second-order valence-corrected chi connectivity index (χ2v) is 27.8. The maximum Gasteiger partial charge on any atom is 0.271 e. The molecule has 2 aliphatic carbocycles. The van der Waals surface area contributed by atoms with Gasteiger partial charge in [0.2, 0.25) is 0 Å². The van der Waals surface area contributed by atoms with E-state index in [1.807, 2.05) is 84.3 Å². The Morgan fingerprint density at radius 3 is 1.54 bits per heavy atom. The van der Waals surface area contributed by atoms with E-state index >= 15 is 0 Å². The number of nitrogens with zero attached hydrogens (tertiary/aromatic N) is 13. The van der Waals surface area contributed by atoms with E-state index in [1.54, 1.807) is 108 Å². The minimum absolute atomic E-state index is 0.00584. The first-order chi connectivity index (χ1) is 49.0. The monoisotopic (exact) mass is 1410 g/mol. The highest BCUT2D eigenvalue weighted by Crippen LogP contribution is 2.37. The molecule has 4 aromatic carbocycles. The summed E-state index contributed by atoms with van der Waals surface area (Å²) in [4.78, 5) is 51.0. The van der Waals surface area contributed by atoms with Crippen LogP contribution in [0.3, 0.4) is 0 Å². The summed E-state index contributed by atoms with van der Waals surface area (Å²) in [6, 6.07) is 37.5. The number of aryl methyl sites for hydroxylation is 1. The number of hydrogen-bond acceptors (Lipinski definition) is 16. The average molecular weight is 1410 g/mol. The summed E-state index contributed by atoms with van der Waals surface area (Å²) in [7, 11) is 0. The van der Waals surface area contributed by atoms with Gasteiger partial charge in [-0.1, -0.05) is 80.8 Å². The van der Waals surface area contributed by atoms with Gasteiger partial charge >= 0.3 is 0 Å². The van der Waals surface area contributed by atoms with Gasteiger partial charge < -0.3 is 31.3 Å². The number of carbonyl (C=O) groups excluding carboxylic acids is 4. The zero-order chi connectivity index (χ0) is 75.6. The summed E-state index contributed by atoms with van der Waals surface area (Å²) < 4.78 is 6.89. The molecule has 538 valence electrons. The maximum atomic E-state index is 12.9. The van der Waals surface area contributed by atoms with Crippen LogP contribution in [-0.2, 0) is 6.42 Å². The number of carbonyl (C=O) groups is 4. The van der Waals surface area contributed by atoms with Crippen LogP contribution in [0.1, 0.15) is 245 Å². The van der Waals surface area contributed by atoms with Crippen molar-refractivity contribution in [1.29, 1.82) is 26.3 Å². The number of aliphatic hydroxyl groups is 3. The number of ketones is 1. The molecular formula is C79H93ClN16O7. The van der Waals surface area contributed by atoms with E-state index in [2.05, 4.69) is 63.4 Å². The highest BCUT2D eigenvalue weighted by atomic mass is 35.5. The second-order valence-electron chi connectivity index (χ2n) is 27.4. The van der Waals surface area contributed by atoms with Gasteiger partial charge in [-0.3, -0.25) is 37.9 Å². The molecule has 103 heavy (non-hydrogen) atoms. The molecule has 10 rings (SSSR count). The van der Waals surface area contributed by atoms with E-state index < -0.39 is 17.8 Å². The van der Waals surface area contributed by atoms with Gasteiger partial charge in [-0.25, -0.2) is 0 Å². The number of benzene rings is 4. The molecule has 4 heterocycles. The summed E-state index contributed by atoms with van der Waals surface area (Å²) in [6.07, 6.45) is 7.72. The standard InChI is InChI=1S/C21H28N4O2.C21H24N4O.C20H22N4O2.C17H19ClN4O2/c1-6-14(3)25-19(20(26)23-13-21(4,5)27)17(7-2)18(24-25)16-10-8-15(12-22)9-11-16;1-14-19(17-10-8-15(12-22)9-11-17)24-25(18-4-2-3-5-18)20(14)21(26)23-13-16-6-7-16;1-12(2)24-20(18(26)8-5-14(4)25)17(11-22)19(23-24)15-6-7-16(10-21)13(3)9-15;1-10(2)22-16(17(24)20-9-11(3)23)14(18)15(21-22)13-6-4-12(8-19)5-7-13/h8-11,14,27H,6-7,13H2,1-5H3,(H,23,26);8-11,16,18H,2-7,13H2,1H3,(H,23,26);6-7,9,12,14,25H,5,8H2,1-4H3;4-7,10-11,23H,9H2,1-3H3,(H,20,24)/t;;14-;11-/m..10/s1. The first-order valence-electron chi connectivity index (χ1n) is 35.0. The Morgan fingerprint density at radius 2 is 1.08 bits per heavy atom. The van der Waals surface area contributed by atoms with E-state index in [0.29, 0.717) is 75.4 Å². The molecule has 2 aliphatic rings. The maximum absolute atomic E-state index is 12.9. The molecular weight excluding hydrogens is 1320 g/mol. The van der Waals surface area contributed by atoms with Gasteiger partial charge in [-0.05, 0) is 181 Å². The number of halogens is 1. The van der Waals surface area contributed by atoms with Crippen molar-refractivity contribution in [2.45, 2.75) is 196 Å². The third-order valence-corrected chi connectivity index (χ3v) is 18.1. The van der Waals surface area contributed by atoms with Crippen molar-refractivity contribution >= 4 is 35.1 Å². The fourth-order valence-corrected chi connectivity index (χ4v) is 12.0. The lowest BCUT2D eigenvalue weighted by atomic mass is 9.99. The van der Waals surface area contributed by atoms with Gasteiger partial charge in [0.1, 0.15) is 45.8 Å². The van der Waals surface area contributed by atoms with Crippen molar-refractivity contribution in [3.05, 3.63) is 163 Å². The summed E-state index contributed by atoms with van der Waals surface area (Å²) in [5.41, 5.74) is 11.7. The first-order valence-corrected chi connectivity index (χ1v) is 35.4. The number of aromatic nitrogens is 8. The fourth-order valence-electron chi connectivity index (χ4n) is 11.7. The minimum atomic E-state index is -0.987. The smallest absolute Gasteiger partial charge is 0.271 e. The van der Waals surface area contributed by atoms with Crippen LogP contribution in [0.4, 0.5) is 0 Å². The predicted molar refractivity (Wildman–Crippen MR) is 394 cm³/mol. The number of nitriles is 5. The molecule has 6 N–H and O–H groups in total. The molecule has 8 aromatic rings. The molecule has 0 bridgehead atoms. The fraction of sp³-hybridized carbons (Fsp3) is 0.430.